The Balaban J connectivity index is 1.88. The first-order valence-electron chi connectivity index (χ1n) is 7.24. The van der Waals surface area contributed by atoms with E-state index in [0.29, 0.717) is 11.5 Å². The van der Waals surface area contributed by atoms with Gasteiger partial charge in [0, 0.05) is 19.1 Å². The van der Waals surface area contributed by atoms with Crippen molar-refractivity contribution in [3.63, 3.8) is 0 Å². The Hall–Kier alpha value is -1.69. The fraction of sp³-hybridized carbons (Fsp3) is 0.643. The van der Waals surface area contributed by atoms with Crippen LogP contribution in [0.3, 0.4) is 0 Å². The normalized spacial score (nSPS) is 19.6. The Bertz CT molecular complexity index is 434. The highest BCUT2D eigenvalue weighted by Crippen LogP contribution is 2.09. The zero-order chi connectivity index (χ0) is 14.4. The smallest absolute Gasteiger partial charge is 0.271 e. The maximum Gasteiger partial charge on any atom is 0.271 e. The summed E-state index contributed by atoms with van der Waals surface area (Å²) in [5, 5.41) is 6.16. The summed E-state index contributed by atoms with van der Waals surface area (Å²) in [7, 11) is 2.08. The first kappa shape index (κ1) is 14.7. The molecule has 20 heavy (non-hydrogen) atoms. The minimum Gasteiger partial charge on any atom is -0.369 e. The van der Waals surface area contributed by atoms with Crippen LogP contribution >= 0.6 is 0 Å². The Morgan fingerprint density at radius 1 is 1.45 bits per heavy atom. The lowest BCUT2D eigenvalue weighted by Gasteiger charge is -2.30. The van der Waals surface area contributed by atoms with E-state index in [1.807, 2.05) is 0 Å². The molecule has 0 spiro atoms. The number of carbonyl (C=O) groups is 1. The summed E-state index contributed by atoms with van der Waals surface area (Å²) in [5.41, 5.74) is 0.375. The van der Waals surface area contributed by atoms with Crippen molar-refractivity contribution in [1.29, 1.82) is 0 Å². The van der Waals surface area contributed by atoms with Crippen LogP contribution in [0.2, 0.25) is 0 Å². The van der Waals surface area contributed by atoms with Crippen molar-refractivity contribution in [2.24, 2.45) is 0 Å². The SMILES string of the molecule is CCCNc1cnc(C(=O)NC2CCCN(C)C2)cn1. The topological polar surface area (TPSA) is 70.2 Å². The molecule has 1 aliphatic heterocycles. The van der Waals surface area contributed by atoms with E-state index in [9.17, 15) is 4.79 Å². The molecule has 1 amide bonds. The van der Waals surface area contributed by atoms with Crippen LogP contribution in [0.4, 0.5) is 5.82 Å². The summed E-state index contributed by atoms with van der Waals surface area (Å²) in [6.07, 6.45) is 6.31. The van der Waals surface area contributed by atoms with E-state index in [-0.39, 0.29) is 11.9 Å². The molecular formula is C14H23N5O. The predicted molar refractivity (Wildman–Crippen MR) is 78.8 cm³/mol. The molecule has 1 aliphatic rings. The molecule has 1 atom stereocenters. The van der Waals surface area contributed by atoms with Crippen molar-refractivity contribution in [3.8, 4) is 0 Å². The summed E-state index contributed by atoms with van der Waals surface area (Å²) in [6.45, 7) is 4.94. The van der Waals surface area contributed by atoms with Crippen LogP contribution in [0, 0.1) is 0 Å². The standard InChI is InChI=1S/C14H23N5O/c1-3-6-15-13-9-16-12(8-17-13)14(20)18-11-5-4-7-19(2)10-11/h8-9,11H,3-7,10H2,1-2H3,(H,15,17)(H,18,20). The summed E-state index contributed by atoms with van der Waals surface area (Å²) < 4.78 is 0. The molecule has 1 unspecified atom stereocenters. The third kappa shape index (κ3) is 4.16. The molecule has 6 nitrogen and oxygen atoms in total. The van der Waals surface area contributed by atoms with E-state index >= 15 is 0 Å². The van der Waals surface area contributed by atoms with Gasteiger partial charge in [-0.05, 0) is 32.9 Å². The zero-order valence-corrected chi connectivity index (χ0v) is 12.2. The van der Waals surface area contributed by atoms with Crippen LogP contribution < -0.4 is 10.6 Å². The van der Waals surface area contributed by atoms with Crippen molar-refractivity contribution in [2.75, 3.05) is 32.0 Å². The van der Waals surface area contributed by atoms with Crippen LogP contribution in [-0.4, -0.2) is 53.5 Å². The number of nitrogens with one attached hydrogen (secondary N) is 2. The highest BCUT2D eigenvalue weighted by atomic mass is 16.1. The Morgan fingerprint density at radius 3 is 2.95 bits per heavy atom. The lowest BCUT2D eigenvalue weighted by atomic mass is 10.1. The van der Waals surface area contributed by atoms with Gasteiger partial charge in [0.15, 0.2) is 0 Å². The second kappa shape index (κ2) is 7.19. The number of piperidine rings is 1. The molecule has 0 radical (unpaired) electrons. The quantitative estimate of drug-likeness (QED) is 0.844. The number of amides is 1. The summed E-state index contributed by atoms with van der Waals surface area (Å²) in [4.78, 5) is 22.7. The molecule has 1 saturated heterocycles. The fourth-order valence-electron chi connectivity index (χ4n) is 2.33. The lowest BCUT2D eigenvalue weighted by Crippen LogP contribution is -2.46. The Morgan fingerprint density at radius 2 is 2.30 bits per heavy atom. The molecular weight excluding hydrogens is 254 g/mol. The van der Waals surface area contributed by atoms with Gasteiger partial charge >= 0.3 is 0 Å². The average Bonchev–Trinajstić information content (AvgIpc) is 2.45. The van der Waals surface area contributed by atoms with Gasteiger partial charge in [0.25, 0.3) is 5.91 Å². The van der Waals surface area contributed by atoms with E-state index in [0.717, 1.165) is 38.9 Å². The molecule has 2 heterocycles. The molecule has 2 rings (SSSR count). The number of hydrogen-bond donors (Lipinski definition) is 2. The number of rotatable bonds is 5. The third-order valence-electron chi connectivity index (χ3n) is 3.40. The van der Waals surface area contributed by atoms with Crippen molar-refractivity contribution < 1.29 is 4.79 Å². The predicted octanol–water partition coefficient (Wildman–Crippen LogP) is 1.12. The van der Waals surface area contributed by atoms with Gasteiger partial charge in [-0.1, -0.05) is 6.92 Å². The minimum absolute atomic E-state index is 0.139. The van der Waals surface area contributed by atoms with Crippen LogP contribution in [0.1, 0.15) is 36.7 Å². The minimum atomic E-state index is -0.139. The number of anilines is 1. The van der Waals surface area contributed by atoms with Crippen LogP contribution in [0.25, 0.3) is 0 Å². The van der Waals surface area contributed by atoms with Crippen LogP contribution in [0.15, 0.2) is 12.4 Å². The van der Waals surface area contributed by atoms with Crippen molar-refractivity contribution in [2.45, 2.75) is 32.2 Å². The zero-order valence-electron chi connectivity index (χ0n) is 12.2. The van der Waals surface area contributed by atoms with E-state index in [4.69, 9.17) is 0 Å². The summed E-state index contributed by atoms with van der Waals surface area (Å²) >= 11 is 0. The largest absolute Gasteiger partial charge is 0.369 e. The first-order chi connectivity index (χ1) is 9.69. The molecule has 110 valence electrons. The number of nitrogens with zero attached hydrogens (tertiary/aromatic N) is 3. The monoisotopic (exact) mass is 277 g/mol. The van der Waals surface area contributed by atoms with Gasteiger partial charge in [-0.15, -0.1) is 0 Å². The van der Waals surface area contributed by atoms with Crippen LogP contribution in [0.5, 0.6) is 0 Å². The van der Waals surface area contributed by atoms with Crippen LogP contribution in [-0.2, 0) is 0 Å². The van der Waals surface area contributed by atoms with Crippen molar-refractivity contribution in [3.05, 3.63) is 18.1 Å². The maximum absolute atomic E-state index is 12.1. The van der Waals surface area contributed by atoms with Gasteiger partial charge in [-0.25, -0.2) is 9.97 Å². The molecule has 0 bridgehead atoms. The summed E-state index contributed by atoms with van der Waals surface area (Å²) in [6, 6.07) is 0.209. The molecule has 0 aromatic carbocycles. The third-order valence-corrected chi connectivity index (χ3v) is 3.40. The van der Waals surface area contributed by atoms with E-state index < -0.39 is 0 Å². The van der Waals surface area contributed by atoms with Crippen molar-refractivity contribution >= 4 is 11.7 Å². The van der Waals surface area contributed by atoms with Gasteiger partial charge in [-0.2, -0.15) is 0 Å². The van der Waals surface area contributed by atoms with Gasteiger partial charge in [0.2, 0.25) is 0 Å². The molecule has 1 aromatic heterocycles. The van der Waals surface area contributed by atoms with E-state index in [1.54, 1.807) is 6.20 Å². The van der Waals surface area contributed by atoms with Gasteiger partial charge < -0.3 is 15.5 Å². The fourth-order valence-corrected chi connectivity index (χ4v) is 2.33. The molecule has 0 saturated carbocycles. The van der Waals surface area contributed by atoms with E-state index in [1.165, 1.54) is 6.20 Å². The van der Waals surface area contributed by atoms with Gasteiger partial charge in [0.1, 0.15) is 11.5 Å². The lowest BCUT2D eigenvalue weighted by molar-refractivity contribution is 0.0907. The number of likely N-dealkylation sites (N-methyl/N-ethyl adjacent to an activating group) is 1. The second-order valence-corrected chi connectivity index (χ2v) is 5.29. The number of carbonyl (C=O) groups excluding carboxylic acids is 1. The van der Waals surface area contributed by atoms with E-state index in [2.05, 4.69) is 39.5 Å². The molecule has 1 aromatic rings. The van der Waals surface area contributed by atoms with Gasteiger partial charge in [-0.3, -0.25) is 4.79 Å². The molecule has 0 aliphatic carbocycles. The van der Waals surface area contributed by atoms with Crippen molar-refractivity contribution in [1.82, 2.24) is 20.2 Å². The second-order valence-electron chi connectivity index (χ2n) is 5.29. The molecule has 2 N–H and O–H groups in total. The molecule has 1 fully saturated rings. The Labute approximate surface area is 120 Å². The Kier molecular flexibility index (Phi) is 5.29. The average molecular weight is 277 g/mol. The number of likely N-dealkylation sites (tertiary alicyclic amines) is 1. The maximum atomic E-state index is 12.1. The summed E-state index contributed by atoms with van der Waals surface area (Å²) in [5.74, 6) is 0.570. The highest BCUT2D eigenvalue weighted by Gasteiger charge is 2.20. The highest BCUT2D eigenvalue weighted by molar-refractivity contribution is 5.92. The number of aromatic nitrogens is 2. The number of hydrogen-bond acceptors (Lipinski definition) is 5. The van der Waals surface area contributed by atoms with Gasteiger partial charge in [0.05, 0.1) is 12.4 Å². The first-order valence-corrected chi connectivity index (χ1v) is 7.24. The molecule has 6 heteroatoms.